The highest BCUT2D eigenvalue weighted by atomic mass is 16.6. The second-order valence-corrected chi connectivity index (χ2v) is 4.44. The molecule has 0 aliphatic rings. The monoisotopic (exact) mass is 301 g/mol. The summed E-state index contributed by atoms with van der Waals surface area (Å²) in [5.74, 6) is -1.62. The zero-order valence-electron chi connectivity index (χ0n) is 11.4. The summed E-state index contributed by atoms with van der Waals surface area (Å²) < 4.78 is 0. The van der Waals surface area contributed by atoms with Crippen LogP contribution < -0.4 is 0 Å². The number of carbonyl (C=O) groups is 1. The van der Waals surface area contributed by atoms with Gasteiger partial charge in [-0.2, -0.15) is 10.2 Å². The first kappa shape index (κ1) is 15.1. The summed E-state index contributed by atoms with van der Waals surface area (Å²) in [4.78, 5) is 21.1. The van der Waals surface area contributed by atoms with Gasteiger partial charge in [-0.05, 0) is 30.7 Å². The predicted molar refractivity (Wildman–Crippen MR) is 77.1 cm³/mol. The van der Waals surface area contributed by atoms with E-state index < -0.39 is 10.9 Å². The summed E-state index contributed by atoms with van der Waals surface area (Å²) >= 11 is 0. The van der Waals surface area contributed by atoms with Gasteiger partial charge in [0.1, 0.15) is 11.3 Å². The van der Waals surface area contributed by atoms with E-state index in [4.69, 9.17) is 5.11 Å². The molecule has 0 bridgehead atoms. The van der Waals surface area contributed by atoms with Gasteiger partial charge in [-0.15, -0.1) is 0 Å². The van der Waals surface area contributed by atoms with Gasteiger partial charge >= 0.3 is 5.97 Å². The number of hydrogen-bond donors (Lipinski definition) is 2. The number of azo groups is 1. The molecule has 112 valence electrons. The summed E-state index contributed by atoms with van der Waals surface area (Å²) in [5.41, 5.74) is 0.418. The summed E-state index contributed by atoms with van der Waals surface area (Å²) in [6, 6.07) is 8.20. The quantitative estimate of drug-likeness (QED) is 0.505. The van der Waals surface area contributed by atoms with E-state index in [0.29, 0.717) is 5.56 Å². The van der Waals surface area contributed by atoms with Gasteiger partial charge in [-0.25, -0.2) is 4.79 Å². The van der Waals surface area contributed by atoms with Crippen molar-refractivity contribution in [2.75, 3.05) is 0 Å². The van der Waals surface area contributed by atoms with E-state index in [1.807, 2.05) is 0 Å². The Labute approximate surface area is 124 Å². The molecule has 0 amide bonds. The minimum Gasteiger partial charge on any atom is -0.507 e. The van der Waals surface area contributed by atoms with Crippen LogP contribution in [0.2, 0.25) is 0 Å². The third kappa shape index (κ3) is 3.23. The molecule has 0 unspecified atom stereocenters. The number of non-ortho nitro benzene ring substituents is 1. The SMILES string of the molecule is Cc1cc(N=Nc2cccc([N+](=O)[O-])c2)cc(C(=O)O)c1O. The fourth-order valence-corrected chi connectivity index (χ4v) is 1.77. The number of benzene rings is 2. The van der Waals surface area contributed by atoms with Crippen molar-refractivity contribution >= 4 is 23.0 Å². The zero-order valence-corrected chi connectivity index (χ0v) is 11.4. The van der Waals surface area contributed by atoms with Crippen LogP contribution in [0.3, 0.4) is 0 Å². The number of carboxylic acids is 1. The summed E-state index contributed by atoms with van der Waals surface area (Å²) in [5, 5.41) is 37.0. The molecule has 2 aromatic rings. The number of nitrogens with zero attached hydrogens (tertiary/aromatic N) is 3. The van der Waals surface area contributed by atoms with Crippen molar-refractivity contribution in [1.29, 1.82) is 0 Å². The Morgan fingerprint density at radius 1 is 1.18 bits per heavy atom. The van der Waals surface area contributed by atoms with E-state index in [-0.39, 0.29) is 28.4 Å². The van der Waals surface area contributed by atoms with Gasteiger partial charge in [-0.1, -0.05) is 6.07 Å². The van der Waals surface area contributed by atoms with Gasteiger partial charge in [0.15, 0.2) is 0 Å². The largest absolute Gasteiger partial charge is 0.507 e. The highest BCUT2D eigenvalue weighted by Crippen LogP contribution is 2.29. The van der Waals surface area contributed by atoms with E-state index in [0.717, 1.165) is 0 Å². The lowest BCUT2D eigenvalue weighted by molar-refractivity contribution is -0.384. The molecule has 0 aliphatic heterocycles. The Balaban J connectivity index is 2.36. The van der Waals surface area contributed by atoms with Gasteiger partial charge in [0.2, 0.25) is 0 Å². The van der Waals surface area contributed by atoms with Gasteiger partial charge in [0.05, 0.1) is 16.3 Å². The maximum atomic E-state index is 11.0. The molecule has 0 heterocycles. The van der Waals surface area contributed by atoms with Crippen LogP contribution in [0.15, 0.2) is 46.6 Å². The van der Waals surface area contributed by atoms with Gasteiger partial charge < -0.3 is 10.2 Å². The molecule has 2 aromatic carbocycles. The minimum atomic E-state index is -1.28. The molecular weight excluding hydrogens is 290 g/mol. The van der Waals surface area contributed by atoms with Crippen molar-refractivity contribution in [1.82, 2.24) is 0 Å². The topological polar surface area (TPSA) is 125 Å². The fourth-order valence-electron chi connectivity index (χ4n) is 1.77. The molecule has 0 atom stereocenters. The number of aromatic hydroxyl groups is 1. The number of aromatic carboxylic acids is 1. The average Bonchev–Trinajstić information content (AvgIpc) is 2.48. The normalized spacial score (nSPS) is 10.8. The third-order valence-corrected chi connectivity index (χ3v) is 2.84. The molecular formula is C14H11N3O5. The zero-order chi connectivity index (χ0) is 16.3. The average molecular weight is 301 g/mol. The highest BCUT2D eigenvalue weighted by Gasteiger charge is 2.13. The van der Waals surface area contributed by atoms with Crippen molar-refractivity contribution < 1.29 is 19.9 Å². The number of rotatable bonds is 4. The van der Waals surface area contributed by atoms with Crippen molar-refractivity contribution in [3.05, 3.63) is 57.6 Å². The summed E-state index contributed by atoms with van der Waals surface area (Å²) in [6.07, 6.45) is 0. The van der Waals surface area contributed by atoms with Crippen LogP contribution in [0.25, 0.3) is 0 Å². The lowest BCUT2D eigenvalue weighted by Gasteiger charge is -2.04. The Morgan fingerprint density at radius 2 is 1.86 bits per heavy atom. The second-order valence-electron chi connectivity index (χ2n) is 4.44. The fraction of sp³-hybridized carbons (Fsp3) is 0.0714. The molecule has 0 fully saturated rings. The number of carboxylic acid groups (broad SMARTS) is 1. The molecule has 8 nitrogen and oxygen atoms in total. The van der Waals surface area contributed by atoms with Crippen molar-refractivity contribution in [3.63, 3.8) is 0 Å². The molecule has 22 heavy (non-hydrogen) atoms. The van der Waals surface area contributed by atoms with Crippen LogP contribution in [-0.4, -0.2) is 21.1 Å². The second kappa shape index (κ2) is 6.00. The van der Waals surface area contributed by atoms with E-state index in [9.17, 15) is 20.0 Å². The first-order valence-corrected chi connectivity index (χ1v) is 6.11. The van der Waals surface area contributed by atoms with E-state index in [2.05, 4.69) is 10.2 Å². The van der Waals surface area contributed by atoms with E-state index in [1.165, 1.54) is 43.3 Å². The molecule has 0 aliphatic carbocycles. The van der Waals surface area contributed by atoms with Crippen molar-refractivity contribution in [2.45, 2.75) is 6.92 Å². The molecule has 0 radical (unpaired) electrons. The molecule has 0 aromatic heterocycles. The standard InChI is InChI=1S/C14H11N3O5/c1-8-5-10(7-12(13(8)18)14(19)20)16-15-9-3-2-4-11(6-9)17(21)22/h2-7,18H,1H3,(H,19,20). The van der Waals surface area contributed by atoms with Crippen LogP contribution in [0, 0.1) is 17.0 Å². The van der Waals surface area contributed by atoms with Crippen LogP contribution in [-0.2, 0) is 0 Å². The lowest BCUT2D eigenvalue weighted by Crippen LogP contribution is -1.97. The number of nitro benzene ring substituents is 1. The first-order chi connectivity index (χ1) is 10.4. The Bertz CT molecular complexity index is 786. The van der Waals surface area contributed by atoms with E-state index in [1.54, 1.807) is 0 Å². The van der Waals surface area contributed by atoms with Crippen LogP contribution in [0.1, 0.15) is 15.9 Å². The molecule has 0 spiro atoms. The first-order valence-electron chi connectivity index (χ1n) is 6.11. The number of nitro groups is 1. The minimum absolute atomic E-state index is 0.121. The van der Waals surface area contributed by atoms with E-state index >= 15 is 0 Å². The van der Waals surface area contributed by atoms with Crippen LogP contribution >= 0.6 is 0 Å². The maximum Gasteiger partial charge on any atom is 0.339 e. The summed E-state index contributed by atoms with van der Waals surface area (Å²) in [6.45, 7) is 1.54. The smallest absolute Gasteiger partial charge is 0.339 e. The predicted octanol–water partition coefficient (Wildman–Crippen LogP) is 3.72. The number of aryl methyl sites for hydroxylation is 1. The van der Waals surface area contributed by atoms with Crippen LogP contribution in [0.5, 0.6) is 5.75 Å². The maximum absolute atomic E-state index is 11.0. The number of phenols is 1. The molecule has 2 N–H and O–H groups in total. The molecule has 8 heteroatoms. The highest BCUT2D eigenvalue weighted by molar-refractivity contribution is 5.92. The summed E-state index contributed by atoms with van der Waals surface area (Å²) in [7, 11) is 0. The lowest BCUT2D eigenvalue weighted by atomic mass is 10.1. The molecule has 0 saturated carbocycles. The molecule has 2 rings (SSSR count). The van der Waals surface area contributed by atoms with Gasteiger partial charge in [0.25, 0.3) is 5.69 Å². The van der Waals surface area contributed by atoms with Crippen molar-refractivity contribution in [2.24, 2.45) is 10.2 Å². The van der Waals surface area contributed by atoms with Gasteiger partial charge in [0, 0.05) is 12.1 Å². The van der Waals surface area contributed by atoms with Crippen LogP contribution in [0.4, 0.5) is 17.1 Å². The molecule has 0 saturated heterocycles. The Morgan fingerprint density at radius 3 is 2.50 bits per heavy atom. The van der Waals surface area contributed by atoms with Crippen molar-refractivity contribution in [3.8, 4) is 5.75 Å². The number of hydrogen-bond acceptors (Lipinski definition) is 6. The Hall–Kier alpha value is -3.29. The van der Waals surface area contributed by atoms with Gasteiger partial charge in [-0.3, -0.25) is 10.1 Å². The Kier molecular flexibility index (Phi) is 4.12. The third-order valence-electron chi connectivity index (χ3n) is 2.84.